The molecule has 0 saturated heterocycles. The Balaban J connectivity index is 1.79. The van der Waals surface area contributed by atoms with Crippen molar-refractivity contribution in [2.45, 2.75) is 26.3 Å². The van der Waals surface area contributed by atoms with Gasteiger partial charge in [0.2, 0.25) is 0 Å². The van der Waals surface area contributed by atoms with Crippen LogP contribution in [0.1, 0.15) is 18.9 Å². The molecule has 0 aliphatic heterocycles. The molecule has 0 spiro atoms. The summed E-state index contributed by atoms with van der Waals surface area (Å²) in [6.45, 7) is 3.53. The van der Waals surface area contributed by atoms with Crippen LogP contribution in [0.3, 0.4) is 0 Å². The zero-order chi connectivity index (χ0) is 23.2. The Morgan fingerprint density at radius 1 is 1.06 bits per heavy atom. The summed E-state index contributed by atoms with van der Waals surface area (Å²) in [6, 6.07) is 12.0. The number of nitrogens with one attached hydrogen (secondary N) is 2. The number of aryl methyl sites for hydroxylation is 1. The van der Waals surface area contributed by atoms with Crippen LogP contribution in [0, 0.1) is 0 Å². The summed E-state index contributed by atoms with van der Waals surface area (Å²) >= 11 is 0. The summed E-state index contributed by atoms with van der Waals surface area (Å²) in [4.78, 5) is 28.6. The van der Waals surface area contributed by atoms with Crippen molar-refractivity contribution in [3.63, 3.8) is 0 Å². The first-order valence-electron chi connectivity index (χ1n) is 11.1. The number of aromatic nitrogens is 4. The second-order valence-corrected chi connectivity index (χ2v) is 8.23. The highest BCUT2D eigenvalue weighted by molar-refractivity contribution is 5.94. The van der Waals surface area contributed by atoms with Gasteiger partial charge in [0.1, 0.15) is 17.5 Å². The van der Waals surface area contributed by atoms with Crippen molar-refractivity contribution in [1.29, 1.82) is 0 Å². The number of hydrogen-bond acceptors (Lipinski definition) is 7. The fourth-order valence-corrected chi connectivity index (χ4v) is 3.67. The third-order valence-electron chi connectivity index (χ3n) is 5.29. The van der Waals surface area contributed by atoms with Crippen molar-refractivity contribution in [2.75, 3.05) is 31.3 Å². The van der Waals surface area contributed by atoms with Crippen molar-refractivity contribution in [2.24, 2.45) is 0 Å². The maximum atomic E-state index is 13.4. The van der Waals surface area contributed by atoms with Gasteiger partial charge in [-0.15, -0.1) is 0 Å². The molecule has 0 saturated carbocycles. The molecule has 0 bridgehead atoms. The lowest BCUT2D eigenvalue weighted by Gasteiger charge is -2.15. The number of rotatable bonds is 9. The molecular formula is C25H29N7O. The van der Waals surface area contributed by atoms with E-state index in [0.29, 0.717) is 29.4 Å². The van der Waals surface area contributed by atoms with Crippen LogP contribution in [0.5, 0.6) is 0 Å². The Hall–Kier alpha value is -3.78. The molecule has 0 atom stereocenters. The molecular weight excluding hydrogens is 414 g/mol. The molecule has 3 aromatic heterocycles. The van der Waals surface area contributed by atoms with Gasteiger partial charge in [0.05, 0.1) is 11.6 Å². The van der Waals surface area contributed by atoms with Crippen LogP contribution < -0.4 is 16.2 Å². The van der Waals surface area contributed by atoms with Gasteiger partial charge >= 0.3 is 0 Å². The number of fused-ring (bicyclic) bond motifs is 1. The number of anilines is 4. The number of benzene rings is 1. The van der Waals surface area contributed by atoms with Crippen molar-refractivity contribution in [3.8, 4) is 0 Å². The largest absolute Gasteiger partial charge is 0.339 e. The van der Waals surface area contributed by atoms with Crippen molar-refractivity contribution in [3.05, 3.63) is 77.1 Å². The van der Waals surface area contributed by atoms with Crippen molar-refractivity contribution < 1.29 is 0 Å². The van der Waals surface area contributed by atoms with Gasteiger partial charge in [-0.25, -0.2) is 9.97 Å². The lowest BCUT2D eigenvalue weighted by Crippen LogP contribution is -2.26. The molecule has 0 amide bonds. The molecule has 8 nitrogen and oxygen atoms in total. The van der Waals surface area contributed by atoms with Crippen LogP contribution in [0.4, 0.5) is 23.1 Å². The predicted octanol–water partition coefficient (Wildman–Crippen LogP) is 4.19. The molecule has 8 heteroatoms. The molecule has 2 N–H and O–H groups in total. The van der Waals surface area contributed by atoms with Gasteiger partial charge in [-0.05, 0) is 55.7 Å². The minimum absolute atomic E-state index is 0.0693. The molecule has 0 aliphatic rings. The van der Waals surface area contributed by atoms with Crippen LogP contribution in [0.2, 0.25) is 0 Å². The van der Waals surface area contributed by atoms with Crippen LogP contribution in [0.15, 0.2) is 66.0 Å². The average Bonchev–Trinajstić information content (AvgIpc) is 2.79. The summed E-state index contributed by atoms with van der Waals surface area (Å²) in [5.74, 6) is 1.68. The number of nitrogens with zero attached hydrogens (tertiary/aromatic N) is 5. The molecule has 33 heavy (non-hydrogen) atoms. The van der Waals surface area contributed by atoms with Gasteiger partial charge in [-0.2, -0.15) is 0 Å². The highest BCUT2D eigenvalue weighted by atomic mass is 16.1. The fraction of sp³-hybridized carbons (Fsp3) is 0.280. The average molecular weight is 444 g/mol. The summed E-state index contributed by atoms with van der Waals surface area (Å²) in [5.41, 5.74) is 2.07. The van der Waals surface area contributed by atoms with Crippen LogP contribution >= 0.6 is 0 Å². The number of pyridine rings is 2. The molecule has 1 aromatic carbocycles. The topological polar surface area (TPSA) is 88.0 Å². The quantitative estimate of drug-likeness (QED) is 0.401. The first-order valence-corrected chi connectivity index (χ1v) is 11.1. The van der Waals surface area contributed by atoms with Gasteiger partial charge in [0, 0.05) is 37.4 Å². The van der Waals surface area contributed by atoms with E-state index in [4.69, 9.17) is 4.98 Å². The highest BCUT2D eigenvalue weighted by Gasteiger charge is 2.13. The van der Waals surface area contributed by atoms with E-state index in [1.54, 1.807) is 23.2 Å². The zero-order valence-electron chi connectivity index (χ0n) is 19.2. The van der Waals surface area contributed by atoms with Gasteiger partial charge in [0.25, 0.3) is 5.56 Å². The second kappa shape index (κ2) is 10.2. The first kappa shape index (κ1) is 22.4. The molecule has 4 rings (SSSR count). The Morgan fingerprint density at radius 2 is 1.94 bits per heavy atom. The third kappa shape index (κ3) is 5.53. The van der Waals surface area contributed by atoms with E-state index in [2.05, 4.69) is 44.6 Å². The van der Waals surface area contributed by atoms with Crippen molar-refractivity contribution in [1.82, 2.24) is 24.4 Å². The van der Waals surface area contributed by atoms with E-state index in [-0.39, 0.29) is 5.56 Å². The maximum Gasteiger partial charge on any atom is 0.262 e. The van der Waals surface area contributed by atoms with E-state index < -0.39 is 0 Å². The van der Waals surface area contributed by atoms with Crippen LogP contribution in [-0.4, -0.2) is 45.1 Å². The van der Waals surface area contributed by atoms with E-state index in [0.717, 1.165) is 30.5 Å². The smallest absolute Gasteiger partial charge is 0.262 e. The SMILES string of the molecule is CCCc1cccc(Nc2nc(Nc3cnccn3)cc3ccn(CCN(C)C)c(=O)c23)c1. The maximum absolute atomic E-state index is 13.4. The lowest BCUT2D eigenvalue weighted by molar-refractivity contribution is 0.381. The molecule has 4 aromatic rings. The number of likely N-dealkylation sites (N-methyl/N-ethyl adjacent to an activating group) is 1. The summed E-state index contributed by atoms with van der Waals surface area (Å²) in [5, 5.41) is 7.94. The van der Waals surface area contributed by atoms with Gasteiger partial charge in [-0.1, -0.05) is 25.5 Å². The minimum atomic E-state index is -0.0693. The van der Waals surface area contributed by atoms with Gasteiger partial charge in [-0.3, -0.25) is 9.78 Å². The van der Waals surface area contributed by atoms with Crippen molar-refractivity contribution >= 4 is 33.9 Å². The van der Waals surface area contributed by atoms with E-state index in [1.807, 2.05) is 44.6 Å². The second-order valence-electron chi connectivity index (χ2n) is 8.23. The lowest BCUT2D eigenvalue weighted by atomic mass is 10.1. The standard InChI is InChI=1S/C25H29N7O/c1-4-6-18-7-5-8-20(15-18)28-24-23-19(9-12-32(25(23)33)14-13-31(2)3)16-21(30-24)29-22-17-26-10-11-27-22/h5,7-12,15-17H,4,6,13-14H2,1-3H3,(H2,27,28,29,30). The Bertz CT molecular complexity index is 1290. The van der Waals surface area contributed by atoms with Gasteiger partial charge in [0.15, 0.2) is 0 Å². The molecule has 0 unspecified atom stereocenters. The minimum Gasteiger partial charge on any atom is -0.339 e. The van der Waals surface area contributed by atoms with Crippen LogP contribution in [-0.2, 0) is 13.0 Å². The Morgan fingerprint density at radius 3 is 2.70 bits per heavy atom. The summed E-state index contributed by atoms with van der Waals surface area (Å²) < 4.78 is 1.73. The third-order valence-corrected chi connectivity index (χ3v) is 5.29. The first-order chi connectivity index (χ1) is 16.0. The van der Waals surface area contributed by atoms with E-state index >= 15 is 0 Å². The summed E-state index contributed by atoms with van der Waals surface area (Å²) in [6.07, 6.45) is 8.77. The highest BCUT2D eigenvalue weighted by Crippen LogP contribution is 2.27. The summed E-state index contributed by atoms with van der Waals surface area (Å²) in [7, 11) is 3.99. The zero-order valence-corrected chi connectivity index (χ0v) is 19.2. The molecule has 170 valence electrons. The fourth-order valence-electron chi connectivity index (χ4n) is 3.67. The molecule has 0 radical (unpaired) electrons. The van der Waals surface area contributed by atoms with Crippen LogP contribution in [0.25, 0.3) is 10.8 Å². The molecule has 0 fully saturated rings. The van der Waals surface area contributed by atoms with E-state index in [1.165, 1.54) is 5.56 Å². The Labute approximate surface area is 193 Å². The van der Waals surface area contributed by atoms with E-state index in [9.17, 15) is 4.79 Å². The van der Waals surface area contributed by atoms with Gasteiger partial charge < -0.3 is 20.1 Å². The molecule has 3 heterocycles. The number of hydrogen-bond donors (Lipinski definition) is 2. The predicted molar refractivity (Wildman–Crippen MR) is 134 cm³/mol. The normalized spacial score (nSPS) is 11.2. The molecule has 0 aliphatic carbocycles. The Kier molecular flexibility index (Phi) is 6.95. The monoisotopic (exact) mass is 443 g/mol.